The Morgan fingerprint density at radius 3 is 2.94 bits per heavy atom. The second-order valence-corrected chi connectivity index (χ2v) is 3.74. The summed E-state index contributed by atoms with van der Waals surface area (Å²) in [5, 5.41) is 9.68. The van der Waals surface area contributed by atoms with E-state index in [1.807, 2.05) is 0 Å². The Labute approximate surface area is 107 Å². The number of H-pyrrole nitrogens is 1. The number of ether oxygens (including phenoxy) is 1. The van der Waals surface area contributed by atoms with Gasteiger partial charge in [0, 0.05) is 0 Å². The zero-order valence-corrected chi connectivity index (χ0v) is 10.2. The average Bonchev–Trinajstić information content (AvgIpc) is 2.82. The molecule has 1 aromatic heterocycles. The molecule has 0 saturated carbocycles. The van der Waals surface area contributed by atoms with E-state index in [9.17, 15) is 9.59 Å². The number of benzene rings is 1. The number of anilines is 1. The predicted molar refractivity (Wildman–Crippen MR) is 66.8 cm³/mol. The summed E-state index contributed by atoms with van der Waals surface area (Å²) in [6, 6.07) is 5.13. The highest BCUT2D eigenvalue weighted by Crippen LogP contribution is 2.25. The number of fused-ring (bicyclic) bond motifs is 1. The van der Waals surface area contributed by atoms with Gasteiger partial charge in [0.25, 0.3) is 0 Å². The van der Waals surface area contributed by atoms with Gasteiger partial charge in [-0.05, 0) is 12.1 Å². The topological polar surface area (TPSA) is 84.1 Å². The number of carbonyl (C=O) groups is 2. The Bertz CT molecular complexity index is 609. The molecule has 0 saturated heterocycles. The van der Waals surface area contributed by atoms with Crippen LogP contribution >= 0.6 is 11.6 Å². The maximum absolute atomic E-state index is 11.6. The number of aromatic amines is 1. The molecule has 6 nitrogen and oxygen atoms in total. The number of hydrogen-bond donors (Lipinski definition) is 2. The molecule has 1 heterocycles. The molecule has 0 spiro atoms. The lowest BCUT2D eigenvalue weighted by Crippen LogP contribution is -2.13. The lowest BCUT2D eigenvalue weighted by atomic mass is 10.1. The minimum Gasteiger partial charge on any atom is -0.464 e. The van der Waals surface area contributed by atoms with Crippen molar-refractivity contribution >= 4 is 40.1 Å². The molecule has 18 heavy (non-hydrogen) atoms. The Balaban J connectivity index is 2.55. The molecule has 1 aromatic carbocycles. The molecular formula is C11H10ClN3O3. The third-order valence-electron chi connectivity index (χ3n) is 2.36. The summed E-state index contributed by atoms with van der Waals surface area (Å²) >= 11 is 5.43. The number of nitrogens with zero attached hydrogens (tertiary/aromatic N) is 1. The first-order valence-electron chi connectivity index (χ1n) is 5.08. The van der Waals surface area contributed by atoms with Crippen molar-refractivity contribution in [2.24, 2.45) is 0 Å². The molecule has 0 aliphatic carbocycles. The number of amides is 1. The van der Waals surface area contributed by atoms with Crippen LogP contribution in [0.3, 0.4) is 0 Å². The Morgan fingerprint density at radius 2 is 2.28 bits per heavy atom. The smallest absolute Gasteiger partial charge is 0.359 e. The summed E-state index contributed by atoms with van der Waals surface area (Å²) in [4.78, 5) is 22.9. The summed E-state index contributed by atoms with van der Waals surface area (Å²) in [6.45, 7) is 0. The van der Waals surface area contributed by atoms with Gasteiger partial charge in [-0.25, -0.2) is 4.79 Å². The molecule has 0 fully saturated rings. The van der Waals surface area contributed by atoms with E-state index in [-0.39, 0.29) is 17.5 Å². The first-order chi connectivity index (χ1) is 8.67. The van der Waals surface area contributed by atoms with Crippen molar-refractivity contribution in [3.05, 3.63) is 23.9 Å². The van der Waals surface area contributed by atoms with Crippen LogP contribution in [-0.4, -0.2) is 35.1 Å². The SMILES string of the molecule is COC(=O)c1n[nH]c2cccc(NC(=O)CCl)c12. The number of methoxy groups -OCH3 is 1. The molecular weight excluding hydrogens is 258 g/mol. The van der Waals surface area contributed by atoms with Crippen LogP contribution in [0.2, 0.25) is 0 Å². The number of hydrogen-bond acceptors (Lipinski definition) is 4. The van der Waals surface area contributed by atoms with E-state index in [0.29, 0.717) is 16.6 Å². The van der Waals surface area contributed by atoms with Gasteiger partial charge in [-0.3, -0.25) is 9.89 Å². The van der Waals surface area contributed by atoms with Crippen LogP contribution in [0.1, 0.15) is 10.5 Å². The van der Waals surface area contributed by atoms with Crippen molar-refractivity contribution in [3.8, 4) is 0 Å². The van der Waals surface area contributed by atoms with E-state index in [0.717, 1.165) is 0 Å². The maximum atomic E-state index is 11.6. The molecule has 1 amide bonds. The molecule has 2 N–H and O–H groups in total. The molecule has 0 radical (unpaired) electrons. The van der Waals surface area contributed by atoms with Gasteiger partial charge in [0.1, 0.15) is 5.88 Å². The number of nitrogens with one attached hydrogen (secondary N) is 2. The van der Waals surface area contributed by atoms with Gasteiger partial charge >= 0.3 is 5.97 Å². The minimum atomic E-state index is -0.575. The second kappa shape index (κ2) is 5.05. The van der Waals surface area contributed by atoms with Gasteiger partial charge < -0.3 is 10.1 Å². The molecule has 7 heteroatoms. The molecule has 94 valence electrons. The van der Waals surface area contributed by atoms with E-state index in [1.54, 1.807) is 18.2 Å². The van der Waals surface area contributed by atoms with Crippen LogP contribution in [0.25, 0.3) is 10.9 Å². The molecule has 2 rings (SSSR count). The van der Waals surface area contributed by atoms with Crippen molar-refractivity contribution < 1.29 is 14.3 Å². The monoisotopic (exact) mass is 267 g/mol. The summed E-state index contributed by atoms with van der Waals surface area (Å²) in [6.07, 6.45) is 0. The van der Waals surface area contributed by atoms with Gasteiger partial charge in [0.05, 0.1) is 23.7 Å². The third kappa shape index (κ3) is 2.14. The number of halogens is 1. The van der Waals surface area contributed by atoms with Gasteiger partial charge in [0.15, 0.2) is 5.69 Å². The Hall–Kier alpha value is -2.08. The van der Waals surface area contributed by atoms with E-state index < -0.39 is 5.97 Å². The van der Waals surface area contributed by atoms with Crippen LogP contribution in [0.5, 0.6) is 0 Å². The molecule has 0 aliphatic heterocycles. The van der Waals surface area contributed by atoms with Crippen molar-refractivity contribution in [2.75, 3.05) is 18.3 Å². The van der Waals surface area contributed by atoms with Gasteiger partial charge in [-0.1, -0.05) is 6.07 Å². The minimum absolute atomic E-state index is 0.123. The van der Waals surface area contributed by atoms with Crippen molar-refractivity contribution in [1.29, 1.82) is 0 Å². The zero-order valence-electron chi connectivity index (χ0n) is 9.49. The first-order valence-corrected chi connectivity index (χ1v) is 5.62. The summed E-state index contributed by atoms with van der Waals surface area (Å²) in [5.74, 6) is -1.10. The largest absolute Gasteiger partial charge is 0.464 e. The second-order valence-electron chi connectivity index (χ2n) is 3.47. The molecule has 2 aromatic rings. The van der Waals surface area contributed by atoms with E-state index in [2.05, 4.69) is 20.3 Å². The number of aromatic nitrogens is 2. The fraction of sp³-hybridized carbons (Fsp3) is 0.182. The summed E-state index contributed by atoms with van der Waals surface area (Å²) in [5.41, 5.74) is 1.22. The van der Waals surface area contributed by atoms with E-state index in [1.165, 1.54) is 7.11 Å². The summed E-state index contributed by atoms with van der Waals surface area (Å²) < 4.78 is 4.63. The van der Waals surface area contributed by atoms with Crippen molar-refractivity contribution in [1.82, 2.24) is 10.2 Å². The van der Waals surface area contributed by atoms with Crippen molar-refractivity contribution in [2.45, 2.75) is 0 Å². The van der Waals surface area contributed by atoms with Crippen molar-refractivity contribution in [3.63, 3.8) is 0 Å². The molecule has 0 aliphatic rings. The highest BCUT2D eigenvalue weighted by Gasteiger charge is 2.18. The van der Waals surface area contributed by atoms with Crippen LogP contribution in [0.15, 0.2) is 18.2 Å². The highest BCUT2D eigenvalue weighted by molar-refractivity contribution is 6.29. The van der Waals surface area contributed by atoms with E-state index in [4.69, 9.17) is 11.6 Å². The quantitative estimate of drug-likeness (QED) is 0.652. The van der Waals surface area contributed by atoms with Crippen LogP contribution in [0, 0.1) is 0 Å². The number of esters is 1. The lowest BCUT2D eigenvalue weighted by molar-refractivity contribution is -0.113. The molecule has 0 atom stereocenters. The van der Waals surface area contributed by atoms with Crippen LogP contribution < -0.4 is 5.32 Å². The van der Waals surface area contributed by atoms with Gasteiger partial charge in [0.2, 0.25) is 5.91 Å². The predicted octanol–water partition coefficient (Wildman–Crippen LogP) is 1.53. The van der Waals surface area contributed by atoms with E-state index >= 15 is 0 Å². The number of rotatable bonds is 3. The Kier molecular flexibility index (Phi) is 3.47. The maximum Gasteiger partial charge on any atom is 0.359 e. The van der Waals surface area contributed by atoms with Crippen LogP contribution in [0.4, 0.5) is 5.69 Å². The first kappa shape index (κ1) is 12.4. The number of carbonyl (C=O) groups excluding carboxylic acids is 2. The summed E-state index contributed by atoms with van der Waals surface area (Å²) in [7, 11) is 1.27. The third-order valence-corrected chi connectivity index (χ3v) is 2.61. The zero-order chi connectivity index (χ0) is 13.1. The highest BCUT2D eigenvalue weighted by atomic mass is 35.5. The van der Waals surface area contributed by atoms with Gasteiger partial charge in [-0.2, -0.15) is 5.10 Å². The molecule has 0 bridgehead atoms. The van der Waals surface area contributed by atoms with Gasteiger partial charge in [-0.15, -0.1) is 11.6 Å². The standard InChI is InChI=1S/C11H10ClN3O3/c1-18-11(17)10-9-6(13-8(16)5-12)3-2-4-7(9)14-15-10/h2-4H,5H2,1H3,(H,13,16)(H,14,15). The fourth-order valence-electron chi connectivity index (χ4n) is 1.60. The Morgan fingerprint density at radius 1 is 1.50 bits per heavy atom. The fourth-order valence-corrected chi connectivity index (χ4v) is 1.67. The van der Waals surface area contributed by atoms with Crippen LogP contribution in [-0.2, 0) is 9.53 Å². The average molecular weight is 268 g/mol. The number of alkyl halides is 1. The lowest BCUT2D eigenvalue weighted by Gasteiger charge is -2.05. The normalized spacial score (nSPS) is 10.3. The molecule has 0 unspecified atom stereocenters.